The molecule has 0 aromatic carbocycles. The highest BCUT2D eigenvalue weighted by molar-refractivity contribution is 5.98. The van der Waals surface area contributed by atoms with Crippen LogP contribution in [0.1, 0.15) is 10.5 Å². The molecule has 3 aromatic heterocycles. The van der Waals surface area contributed by atoms with E-state index in [1.54, 1.807) is 13.2 Å². The highest BCUT2D eigenvalue weighted by atomic mass is 16.5. The first kappa shape index (κ1) is 20.5. The number of ether oxygens (including phenoxy) is 1. The zero-order valence-electron chi connectivity index (χ0n) is 18.0. The standard InChI is InChI=1S/C21H27N9O2/c1-22-20(31)17-12-15-13-25-21(27-19(15)30(17)29-8-10-32-11-9-29)26-18-3-2-16(14-24-18)28-6-4-23-5-7-28/h2-3,12-14,23H,4-11H2,1H3,(H,22,31)(H,24,25,26,27). The van der Waals surface area contributed by atoms with Gasteiger partial charge in [-0.2, -0.15) is 4.98 Å². The van der Waals surface area contributed by atoms with E-state index in [0.717, 1.165) is 37.3 Å². The van der Waals surface area contributed by atoms with Crippen molar-refractivity contribution in [3.8, 4) is 0 Å². The summed E-state index contributed by atoms with van der Waals surface area (Å²) in [6, 6.07) is 5.80. The molecule has 0 aliphatic carbocycles. The van der Waals surface area contributed by atoms with E-state index in [-0.39, 0.29) is 5.91 Å². The molecule has 2 saturated heterocycles. The molecule has 2 aliphatic rings. The van der Waals surface area contributed by atoms with Crippen LogP contribution in [0.15, 0.2) is 30.6 Å². The van der Waals surface area contributed by atoms with Gasteiger partial charge < -0.3 is 30.6 Å². The third-order valence-electron chi connectivity index (χ3n) is 5.72. The number of rotatable bonds is 5. The fourth-order valence-electron chi connectivity index (χ4n) is 4.05. The van der Waals surface area contributed by atoms with Gasteiger partial charge in [0.05, 0.1) is 38.2 Å². The number of aromatic nitrogens is 4. The van der Waals surface area contributed by atoms with E-state index in [4.69, 9.17) is 9.72 Å². The van der Waals surface area contributed by atoms with Crippen LogP contribution in [0.3, 0.4) is 0 Å². The predicted octanol–water partition coefficient (Wildman–Crippen LogP) is 0.307. The molecule has 3 aromatic rings. The van der Waals surface area contributed by atoms with Crippen molar-refractivity contribution in [1.82, 2.24) is 30.3 Å². The molecule has 1 amide bonds. The monoisotopic (exact) mass is 437 g/mol. The van der Waals surface area contributed by atoms with Gasteiger partial charge in [0.2, 0.25) is 5.95 Å². The van der Waals surface area contributed by atoms with Gasteiger partial charge in [-0.1, -0.05) is 0 Å². The third-order valence-corrected chi connectivity index (χ3v) is 5.72. The van der Waals surface area contributed by atoms with Crippen molar-refractivity contribution in [2.45, 2.75) is 0 Å². The van der Waals surface area contributed by atoms with Crippen molar-refractivity contribution < 1.29 is 9.53 Å². The van der Waals surface area contributed by atoms with Crippen LogP contribution in [0.5, 0.6) is 0 Å². The Hall–Kier alpha value is -3.44. The molecule has 5 rings (SSSR count). The van der Waals surface area contributed by atoms with Gasteiger partial charge in [-0.25, -0.2) is 14.6 Å². The number of anilines is 3. The number of nitrogens with zero attached hydrogens (tertiary/aromatic N) is 6. The first-order chi connectivity index (χ1) is 15.7. The number of nitrogens with one attached hydrogen (secondary N) is 3. The van der Waals surface area contributed by atoms with Crippen LogP contribution >= 0.6 is 0 Å². The normalized spacial score (nSPS) is 16.9. The summed E-state index contributed by atoms with van der Waals surface area (Å²) in [6.07, 6.45) is 3.59. The Morgan fingerprint density at radius 2 is 1.91 bits per heavy atom. The van der Waals surface area contributed by atoms with Gasteiger partial charge in [0, 0.05) is 44.8 Å². The maximum Gasteiger partial charge on any atom is 0.269 e. The molecule has 168 valence electrons. The number of pyridine rings is 1. The minimum Gasteiger partial charge on any atom is -0.378 e. The minimum atomic E-state index is -0.172. The number of hydrogen-bond acceptors (Lipinski definition) is 9. The van der Waals surface area contributed by atoms with Crippen LogP contribution in [0.2, 0.25) is 0 Å². The van der Waals surface area contributed by atoms with E-state index in [1.807, 2.05) is 23.0 Å². The summed E-state index contributed by atoms with van der Waals surface area (Å²) >= 11 is 0. The van der Waals surface area contributed by atoms with Gasteiger partial charge in [-0.05, 0) is 18.2 Å². The van der Waals surface area contributed by atoms with E-state index in [9.17, 15) is 4.79 Å². The summed E-state index contributed by atoms with van der Waals surface area (Å²) in [4.78, 5) is 28.5. The van der Waals surface area contributed by atoms with Crippen LogP contribution in [0.4, 0.5) is 17.5 Å². The van der Waals surface area contributed by atoms with Crippen molar-refractivity contribution in [2.75, 3.05) is 74.8 Å². The Labute approximate surface area is 185 Å². The van der Waals surface area contributed by atoms with Crippen LogP contribution in [-0.2, 0) is 4.74 Å². The van der Waals surface area contributed by atoms with E-state index < -0.39 is 0 Å². The third kappa shape index (κ3) is 4.04. The lowest BCUT2D eigenvalue weighted by Crippen LogP contribution is -2.45. The molecular formula is C21H27N9O2. The molecule has 5 heterocycles. The zero-order valence-corrected chi connectivity index (χ0v) is 18.0. The molecule has 0 unspecified atom stereocenters. The number of carbonyl (C=O) groups excluding carboxylic acids is 1. The van der Waals surface area contributed by atoms with Crippen molar-refractivity contribution in [3.63, 3.8) is 0 Å². The molecule has 11 nitrogen and oxygen atoms in total. The Morgan fingerprint density at radius 3 is 2.62 bits per heavy atom. The van der Waals surface area contributed by atoms with Gasteiger partial charge in [0.25, 0.3) is 5.91 Å². The molecule has 0 spiro atoms. The second kappa shape index (κ2) is 8.97. The second-order valence-corrected chi connectivity index (χ2v) is 7.72. The molecule has 0 atom stereocenters. The smallest absolute Gasteiger partial charge is 0.269 e. The van der Waals surface area contributed by atoms with E-state index in [0.29, 0.717) is 49.4 Å². The van der Waals surface area contributed by atoms with E-state index >= 15 is 0 Å². The Bertz CT molecular complexity index is 1090. The Balaban J connectivity index is 1.42. The van der Waals surface area contributed by atoms with Gasteiger partial charge in [-0.3, -0.25) is 4.79 Å². The molecule has 0 bridgehead atoms. The Kier molecular flexibility index (Phi) is 5.73. The van der Waals surface area contributed by atoms with Crippen LogP contribution in [0, 0.1) is 0 Å². The number of amides is 1. The Morgan fingerprint density at radius 1 is 1.09 bits per heavy atom. The van der Waals surface area contributed by atoms with Crippen LogP contribution < -0.4 is 25.9 Å². The van der Waals surface area contributed by atoms with Crippen molar-refractivity contribution in [2.24, 2.45) is 0 Å². The van der Waals surface area contributed by atoms with Crippen molar-refractivity contribution in [3.05, 3.63) is 36.3 Å². The lowest BCUT2D eigenvalue weighted by atomic mass is 10.3. The molecule has 0 radical (unpaired) electrons. The molecule has 11 heteroatoms. The fraction of sp³-hybridized carbons (Fsp3) is 0.429. The highest BCUT2D eigenvalue weighted by Gasteiger charge is 2.22. The quantitative estimate of drug-likeness (QED) is 0.519. The number of piperazine rings is 1. The number of hydrogen-bond donors (Lipinski definition) is 3. The van der Waals surface area contributed by atoms with Gasteiger partial charge >= 0.3 is 0 Å². The molecule has 2 fully saturated rings. The summed E-state index contributed by atoms with van der Waals surface area (Å²) in [6.45, 7) is 6.47. The maximum absolute atomic E-state index is 12.5. The summed E-state index contributed by atoms with van der Waals surface area (Å²) in [5, 5.41) is 12.1. The predicted molar refractivity (Wildman–Crippen MR) is 122 cm³/mol. The first-order valence-corrected chi connectivity index (χ1v) is 10.9. The first-order valence-electron chi connectivity index (χ1n) is 10.9. The number of fused-ring (bicyclic) bond motifs is 1. The highest BCUT2D eigenvalue weighted by Crippen LogP contribution is 2.22. The molecular weight excluding hydrogens is 410 g/mol. The van der Waals surface area contributed by atoms with E-state index in [1.165, 1.54) is 0 Å². The topological polar surface area (TPSA) is 112 Å². The SMILES string of the molecule is CNC(=O)c1cc2cnc(Nc3ccc(N4CCNCC4)cn3)nc2n1N1CCOCC1. The van der Waals surface area contributed by atoms with Gasteiger partial charge in [0.15, 0.2) is 5.65 Å². The van der Waals surface area contributed by atoms with Gasteiger partial charge in [-0.15, -0.1) is 0 Å². The van der Waals surface area contributed by atoms with E-state index in [2.05, 4.69) is 41.9 Å². The molecule has 2 aliphatic heterocycles. The van der Waals surface area contributed by atoms with Crippen molar-refractivity contribution >= 4 is 34.4 Å². The summed E-state index contributed by atoms with van der Waals surface area (Å²) in [7, 11) is 1.62. The van der Waals surface area contributed by atoms with Crippen LogP contribution in [0.25, 0.3) is 11.0 Å². The zero-order chi connectivity index (χ0) is 21.9. The molecule has 32 heavy (non-hydrogen) atoms. The summed E-state index contributed by atoms with van der Waals surface area (Å²) in [5.74, 6) is 0.921. The lowest BCUT2D eigenvalue weighted by Gasteiger charge is -2.31. The van der Waals surface area contributed by atoms with Crippen LogP contribution in [-0.4, -0.2) is 85.1 Å². The fourth-order valence-corrected chi connectivity index (χ4v) is 4.05. The summed E-state index contributed by atoms with van der Waals surface area (Å²) < 4.78 is 7.34. The lowest BCUT2D eigenvalue weighted by molar-refractivity contribution is 0.0938. The second-order valence-electron chi connectivity index (χ2n) is 7.72. The maximum atomic E-state index is 12.5. The minimum absolute atomic E-state index is 0.172. The molecule has 3 N–H and O–H groups in total. The number of carbonyl (C=O) groups is 1. The molecule has 0 saturated carbocycles. The van der Waals surface area contributed by atoms with Crippen molar-refractivity contribution in [1.29, 1.82) is 0 Å². The summed E-state index contributed by atoms with van der Waals surface area (Å²) in [5.41, 5.74) is 2.29. The largest absolute Gasteiger partial charge is 0.378 e. The average Bonchev–Trinajstić information content (AvgIpc) is 3.24. The average molecular weight is 438 g/mol. The van der Waals surface area contributed by atoms with Gasteiger partial charge in [0.1, 0.15) is 11.5 Å². The number of morpholine rings is 1.